The SMILES string of the molecule is Cc1nnc2c(NCCc3ccccc3F)nccn12. The molecule has 0 bridgehead atoms. The topological polar surface area (TPSA) is 55.1 Å². The Bertz CT molecular complexity index is 737. The van der Waals surface area contributed by atoms with Gasteiger partial charge in [-0.1, -0.05) is 18.2 Å². The molecule has 0 amide bonds. The Hall–Kier alpha value is -2.50. The van der Waals surface area contributed by atoms with Gasteiger partial charge in [0.15, 0.2) is 5.82 Å². The molecule has 3 aromatic rings. The molecule has 0 aliphatic heterocycles. The maximum Gasteiger partial charge on any atom is 0.203 e. The van der Waals surface area contributed by atoms with Gasteiger partial charge in [0.1, 0.15) is 11.6 Å². The predicted octanol–water partition coefficient (Wildman–Crippen LogP) is 2.23. The molecular weight excluding hydrogens is 257 g/mol. The van der Waals surface area contributed by atoms with Crippen LogP contribution < -0.4 is 5.32 Å². The number of nitrogens with one attached hydrogen (secondary N) is 1. The van der Waals surface area contributed by atoms with E-state index in [9.17, 15) is 4.39 Å². The van der Waals surface area contributed by atoms with E-state index < -0.39 is 0 Å². The van der Waals surface area contributed by atoms with Crippen molar-refractivity contribution in [3.8, 4) is 0 Å². The van der Waals surface area contributed by atoms with Gasteiger partial charge in [0.25, 0.3) is 0 Å². The minimum Gasteiger partial charge on any atom is -0.367 e. The Morgan fingerprint density at radius 1 is 1.25 bits per heavy atom. The first kappa shape index (κ1) is 12.5. The summed E-state index contributed by atoms with van der Waals surface area (Å²) in [5, 5.41) is 11.3. The van der Waals surface area contributed by atoms with E-state index in [0.717, 1.165) is 5.82 Å². The Morgan fingerprint density at radius 3 is 2.95 bits per heavy atom. The Kier molecular flexibility index (Phi) is 3.28. The van der Waals surface area contributed by atoms with Crippen molar-refractivity contribution >= 4 is 11.5 Å². The number of fused-ring (bicyclic) bond motifs is 1. The summed E-state index contributed by atoms with van der Waals surface area (Å²) in [6.07, 6.45) is 4.09. The van der Waals surface area contributed by atoms with Crippen LogP contribution in [0, 0.1) is 12.7 Å². The summed E-state index contributed by atoms with van der Waals surface area (Å²) in [4.78, 5) is 4.25. The third-order valence-electron chi connectivity index (χ3n) is 3.14. The van der Waals surface area contributed by atoms with Gasteiger partial charge in [-0.15, -0.1) is 10.2 Å². The van der Waals surface area contributed by atoms with Crippen LogP contribution in [0.25, 0.3) is 5.65 Å². The molecule has 2 heterocycles. The van der Waals surface area contributed by atoms with Crippen molar-refractivity contribution in [2.45, 2.75) is 13.3 Å². The Labute approximate surface area is 115 Å². The van der Waals surface area contributed by atoms with Gasteiger partial charge in [-0.05, 0) is 25.0 Å². The number of benzene rings is 1. The number of rotatable bonds is 4. The zero-order chi connectivity index (χ0) is 13.9. The highest BCUT2D eigenvalue weighted by molar-refractivity contribution is 5.61. The van der Waals surface area contributed by atoms with Crippen LogP contribution in [-0.2, 0) is 6.42 Å². The molecule has 0 radical (unpaired) electrons. The lowest BCUT2D eigenvalue weighted by molar-refractivity contribution is 0.610. The zero-order valence-electron chi connectivity index (χ0n) is 11.0. The standard InChI is InChI=1S/C14H14FN5/c1-10-18-19-14-13(17-8-9-20(10)14)16-7-6-11-4-2-3-5-12(11)15/h2-5,8-9H,6-7H2,1H3,(H,16,17). The molecule has 0 saturated heterocycles. The number of hydrogen-bond donors (Lipinski definition) is 1. The van der Waals surface area contributed by atoms with Gasteiger partial charge in [-0.3, -0.25) is 4.40 Å². The Balaban J connectivity index is 1.73. The summed E-state index contributed by atoms with van der Waals surface area (Å²) in [7, 11) is 0. The van der Waals surface area contributed by atoms with E-state index in [4.69, 9.17) is 0 Å². The van der Waals surface area contributed by atoms with Crippen molar-refractivity contribution in [2.75, 3.05) is 11.9 Å². The molecule has 2 aromatic heterocycles. The fraction of sp³-hybridized carbons (Fsp3) is 0.214. The predicted molar refractivity (Wildman–Crippen MR) is 74.1 cm³/mol. The molecule has 0 aliphatic rings. The number of nitrogens with zero attached hydrogens (tertiary/aromatic N) is 4. The number of aryl methyl sites for hydroxylation is 1. The van der Waals surface area contributed by atoms with E-state index in [-0.39, 0.29) is 5.82 Å². The second kappa shape index (κ2) is 5.24. The summed E-state index contributed by atoms with van der Waals surface area (Å²) >= 11 is 0. The molecular formula is C14H14FN5. The quantitative estimate of drug-likeness (QED) is 0.790. The van der Waals surface area contributed by atoms with E-state index in [0.29, 0.717) is 30.0 Å². The number of halogens is 1. The van der Waals surface area contributed by atoms with Crippen molar-refractivity contribution in [1.29, 1.82) is 0 Å². The monoisotopic (exact) mass is 271 g/mol. The molecule has 0 fully saturated rings. The van der Waals surface area contributed by atoms with E-state index in [1.807, 2.05) is 23.6 Å². The van der Waals surface area contributed by atoms with Crippen LogP contribution in [0.2, 0.25) is 0 Å². The molecule has 1 N–H and O–H groups in total. The lowest BCUT2D eigenvalue weighted by atomic mass is 10.1. The summed E-state index contributed by atoms with van der Waals surface area (Å²) in [5.74, 6) is 1.28. The van der Waals surface area contributed by atoms with Gasteiger partial charge >= 0.3 is 0 Å². The minimum absolute atomic E-state index is 0.182. The highest BCUT2D eigenvalue weighted by Crippen LogP contribution is 2.12. The fourth-order valence-corrected chi connectivity index (χ4v) is 2.08. The highest BCUT2D eigenvalue weighted by Gasteiger charge is 2.07. The molecule has 0 unspecified atom stereocenters. The van der Waals surface area contributed by atoms with Crippen LogP contribution in [0.1, 0.15) is 11.4 Å². The smallest absolute Gasteiger partial charge is 0.203 e. The molecule has 0 spiro atoms. The molecule has 0 aliphatic carbocycles. The van der Waals surface area contributed by atoms with Crippen molar-refractivity contribution in [1.82, 2.24) is 19.6 Å². The van der Waals surface area contributed by atoms with Crippen molar-refractivity contribution < 1.29 is 4.39 Å². The van der Waals surface area contributed by atoms with Gasteiger partial charge in [-0.2, -0.15) is 0 Å². The fourth-order valence-electron chi connectivity index (χ4n) is 2.08. The van der Waals surface area contributed by atoms with Crippen LogP contribution in [0.15, 0.2) is 36.7 Å². The van der Waals surface area contributed by atoms with Crippen LogP contribution in [0.4, 0.5) is 10.2 Å². The molecule has 5 nitrogen and oxygen atoms in total. The molecule has 6 heteroatoms. The second-order valence-corrected chi connectivity index (χ2v) is 4.48. The molecule has 1 aromatic carbocycles. The first-order valence-electron chi connectivity index (χ1n) is 6.39. The van der Waals surface area contributed by atoms with E-state index in [2.05, 4.69) is 20.5 Å². The molecule has 0 atom stereocenters. The maximum atomic E-state index is 13.5. The van der Waals surface area contributed by atoms with Crippen molar-refractivity contribution in [2.24, 2.45) is 0 Å². The van der Waals surface area contributed by atoms with Crippen LogP contribution in [-0.4, -0.2) is 26.1 Å². The van der Waals surface area contributed by atoms with Crippen LogP contribution in [0.5, 0.6) is 0 Å². The molecule has 0 saturated carbocycles. The maximum absolute atomic E-state index is 13.5. The third kappa shape index (κ3) is 2.32. The second-order valence-electron chi connectivity index (χ2n) is 4.48. The van der Waals surface area contributed by atoms with Gasteiger partial charge in [0.05, 0.1) is 0 Å². The van der Waals surface area contributed by atoms with Gasteiger partial charge in [0.2, 0.25) is 5.65 Å². The minimum atomic E-state index is -0.182. The van der Waals surface area contributed by atoms with E-state index >= 15 is 0 Å². The van der Waals surface area contributed by atoms with E-state index in [1.165, 1.54) is 6.07 Å². The third-order valence-corrected chi connectivity index (χ3v) is 3.14. The number of anilines is 1. The average molecular weight is 271 g/mol. The van der Waals surface area contributed by atoms with Gasteiger partial charge in [0, 0.05) is 18.9 Å². The summed E-state index contributed by atoms with van der Waals surface area (Å²) in [6, 6.07) is 6.77. The lowest BCUT2D eigenvalue weighted by Gasteiger charge is -2.07. The molecule has 20 heavy (non-hydrogen) atoms. The zero-order valence-corrected chi connectivity index (χ0v) is 11.0. The van der Waals surface area contributed by atoms with Crippen molar-refractivity contribution in [3.63, 3.8) is 0 Å². The molecule has 102 valence electrons. The summed E-state index contributed by atoms with van der Waals surface area (Å²) in [6.45, 7) is 2.46. The number of hydrogen-bond acceptors (Lipinski definition) is 4. The summed E-state index contributed by atoms with van der Waals surface area (Å²) < 4.78 is 15.4. The summed E-state index contributed by atoms with van der Waals surface area (Å²) in [5.41, 5.74) is 1.36. The lowest BCUT2D eigenvalue weighted by Crippen LogP contribution is -2.08. The van der Waals surface area contributed by atoms with E-state index in [1.54, 1.807) is 18.3 Å². The number of aromatic nitrogens is 4. The normalized spacial score (nSPS) is 10.9. The van der Waals surface area contributed by atoms with Gasteiger partial charge < -0.3 is 5.32 Å². The van der Waals surface area contributed by atoms with Gasteiger partial charge in [-0.25, -0.2) is 9.37 Å². The average Bonchev–Trinajstić information content (AvgIpc) is 2.84. The molecule has 3 rings (SSSR count). The van der Waals surface area contributed by atoms with Crippen LogP contribution in [0.3, 0.4) is 0 Å². The highest BCUT2D eigenvalue weighted by atomic mass is 19.1. The van der Waals surface area contributed by atoms with Crippen LogP contribution >= 0.6 is 0 Å². The Morgan fingerprint density at radius 2 is 2.10 bits per heavy atom. The first-order valence-corrected chi connectivity index (χ1v) is 6.39. The van der Waals surface area contributed by atoms with Crippen molar-refractivity contribution in [3.05, 3.63) is 53.9 Å². The first-order chi connectivity index (χ1) is 9.75. The largest absolute Gasteiger partial charge is 0.367 e.